The number of esters is 3. The second-order valence-corrected chi connectivity index (χ2v) is 13.2. The lowest BCUT2D eigenvalue weighted by Gasteiger charge is -2.36. The molecule has 5 rings (SSSR count). The third-order valence-electron chi connectivity index (χ3n) is 9.09. The molecule has 1 spiro atoms. The molecule has 2 heterocycles. The minimum atomic E-state index is -1.29. The summed E-state index contributed by atoms with van der Waals surface area (Å²) in [6.45, 7) is 4.27. The van der Waals surface area contributed by atoms with Gasteiger partial charge in [-0.25, -0.2) is 9.59 Å². The Morgan fingerprint density at radius 3 is 1.80 bits per heavy atom. The molecule has 2 atom stereocenters. The number of nitrogens with two attached hydrogens (primary N) is 2. The molecule has 3 aromatic rings. The van der Waals surface area contributed by atoms with Crippen LogP contribution in [0.1, 0.15) is 131 Å². The molecule has 5 N–H and O–H groups in total. The van der Waals surface area contributed by atoms with Crippen LogP contribution < -0.4 is 25.7 Å². The van der Waals surface area contributed by atoms with E-state index in [4.69, 9.17) is 35.5 Å². The van der Waals surface area contributed by atoms with Crippen molar-refractivity contribution in [3.63, 3.8) is 0 Å². The number of benzene rings is 3. The topological polar surface area (TPSA) is 160 Å². The zero-order chi connectivity index (χ0) is 36.6. The number of unbranched alkanes of at least 4 members (excludes halogenated alkanes) is 12. The predicted octanol–water partition coefficient (Wildman–Crippen LogP) is 7.83. The molecule has 0 bridgehead atoms. The molecule has 0 saturated carbocycles. The molecule has 1 unspecified atom stereocenters. The van der Waals surface area contributed by atoms with E-state index in [0.717, 1.165) is 19.3 Å². The van der Waals surface area contributed by atoms with Gasteiger partial charge in [0.2, 0.25) is 0 Å². The Hall–Kier alpha value is -4.25. The van der Waals surface area contributed by atoms with E-state index in [1.807, 2.05) is 12.1 Å². The lowest BCUT2D eigenvalue weighted by molar-refractivity contribution is -0.135. The molecule has 0 radical (unpaired) electrons. The van der Waals surface area contributed by atoms with E-state index in [1.54, 1.807) is 55.5 Å². The molecule has 276 valence electrons. The number of rotatable bonds is 18. The van der Waals surface area contributed by atoms with Crippen LogP contribution in [0.15, 0.2) is 60.7 Å². The van der Waals surface area contributed by atoms with Gasteiger partial charge < -0.3 is 35.5 Å². The average Bonchev–Trinajstić information content (AvgIpc) is 3.42. The minimum Gasteiger partial charge on any atom is -0.456 e. The van der Waals surface area contributed by atoms with Gasteiger partial charge in [0.05, 0.1) is 12.2 Å². The van der Waals surface area contributed by atoms with Crippen LogP contribution >= 0.6 is 0 Å². The Bertz CT molecular complexity index is 1600. The van der Waals surface area contributed by atoms with E-state index < -0.39 is 23.6 Å². The molecule has 0 aliphatic carbocycles. The summed E-state index contributed by atoms with van der Waals surface area (Å²) in [6.07, 6.45) is 16.4. The first-order chi connectivity index (χ1) is 24.7. The third-order valence-corrected chi connectivity index (χ3v) is 9.09. The van der Waals surface area contributed by atoms with Crippen LogP contribution in [0.25, 0.3) is 0 Å². The molecule has 10 heteroatoms. The van der Waals surface area contributed by atoms with E-state index in [9.17, 15) is 14.4 Å². The van der Waals surface area contributed by atoms with Gasteiger partial charge in [0.1, 0.15) is 29.0 Å². The highest BCUT2D eigenvalue weighted by molar-refractivity contribution is 5.97. The number of hydrogen-bond donors (Lipinski definition) is 3. The fourth-order valence-corrected chi connectivity index (χ4v) is 6.44. The van der Waals surface area contributed by atoms with Crippen LogP contribution in [0, 0.1) is 0 Å². The van der Waals surface area contributed by atoms with Crippen molar-refractivity contribution in [1.29, 1.82) is 0 Å². The van der Waals surface area contributed by atoms with Crippen LogP contribution in [0.3, 0.4) is 0 Å². The van der Waals surface area contributed by atoms with Gasteiger partial charge in [0.15, 0.2) is 5.60 Å². The Balaban J connectivity index is 0.00000138. The van der Waals surface area contributed by atoms with Crippen LogP contribution in [0.2, 0.25) is 0 Å². The summed E-state index contributed by atoms with van der Waals surface area (Å²) in [5.41, 5.74) is 11.5. The van der Waals surface area contributed by atoms with Gasteiger partial charge in [-0.15, -0.1) is 0 Å². The second-order valence-electron chi connectivity index (χ2n) is 13.2. The zero-order valence-corrected chi connectivity index (χ0v) is 30.1. The molecule has 0 aromatic heterocycles. The van der Waals surface area contributed by atoms with Crippen molar-refractivity contribution in [2.45, 2.75) is 115 Å². The summed E-state index contributed by atoms with van der Waals surface area (Å²) in [5.74, 6) is -0.0775. The largest absolute Gasteiger partial charge is 0.456 e. The van der Waals surface area contributed by atoms with Gasteiger partial charge in [0.25, 0.3) is 0 Å². The number of carbonyl (C=O) groups is 3. The molecular weight excluding hydrogens is 648 g/mol. The number of carbonyl (C=O) groups excluding carboxylic acids is 3. The molecule has 2 aliphatic rings. The monoisotopic (exact) mass is 702 g/mol. The molecular formula is C41H54N2O8. The van der Waals surface area contributed by atoms with Gasteiger partial charge in [-0.2, -0.15) is 0 Å². The molecule has 0 amide bonds. The minimum absolute atomic E-state index is 0.0972. The SMILES string of the molecule is CCCCCCCCCCCCCCCC(=O)Oc1ccc2c(c1)Oc1cc(OC(=O)[C@H](C)N)ccc1C21OC(=O)c2ccccc21.NCCO. The van der Waals surface area contributed by atoms with E-state index in [1.165, 1.54) is 64.2 Å². The summed E-state index contributed by atoms with van der Waals surface area (Å²) in [6, 6.07) is 16.4. The van der Waals surface area contributed by atoms with Crippen LogP contribution in [0.5, 0.6) is 23.0 Å². The van der Waals surface area contributed by atoms with Gasteiger partial charge in [-0.05, 0) is 43.7 Å². The standard InChI is InChI=1S/C39H47NO7.C2H7NO/c1-3-4-5-6-7-8-9-10-11-12-13-14-15-20-36(41)44-28-21-23-32-34(25-28)46-35-26-29(45-37(42)27(2)40)22-24-33(35)39(32)31-19-17-16-18-30(31)38(43)47-39;3-1-2-4/h16-19,21-27H,3-15,20,40H2,1-2H3;4H,1-3H2/t27-,39?;/m0./s1. The zero-order valence-electron chi connectivity index (χ0n) is 30.1. The van der Waals surface area contributed by atoms with E-state index in [2.05, 4.69) is 6.92 Å². The van der Waals surface area contributed by atoms with Gasteiger partial charge in [-0.3, -0.25) is 4.79 Å². The summed E-state index contributed by atoms with van der Waals surface area (Å²) >= 11 is 0. The van der Waals surface area contributed by atoms with Crippen molar-refractivity contribution >= 4 is 17.9 Å². The molecule has 10 nitrogen and oxygen atoms in total. The predicted molar refractivity (Wildman–Crippen MR) is 196 cm³/mol. The first-order valence-electron chi connectivity index (χ1n) is 18.5. The maximum absolute atomic E-state index is 13.1. The van der Waals surface area contributed by atoms with Gasteiger partial charge >= 0.3 is 17.9 Å². The smallest absolute Gasteiger partial charge is 0.340 e. The Labute approximate surface area is 301 Å². The highest BCUT2D eigenvalue weighted by Crippen LogP contribution is 2.57. The molecule has 2 aliphatic heterocycles. The van der Waals surface area contributed by atoms with Crippen molar-refractivity contribution in [3.8, 4) is 23.0 Å². The summed E-state index contributed by atoms with van der Waals surface area (Å²) < 4.78 is 23.6. The summed E-state index contributed by atoms with van der Waals surface area (Å²) in [4.78, 5) is 38.0. The number of aliphatic hydroxyl groups excluding tert-OH is 1. The summed E-state index contributed by atoms with van der Waals surface area (Å²) in [5, 5.41) is 7.75. The van der Waals surface area contributed by atoms with Gasteiger partial charge in [0, 0.05) is 41.8 Å². The Morgan fingerprint density at radius 1 is 0.765 bits per heavy atom. The molecule has 0 fully saturated rings. The Kier molecular flexibility index (Phi) is 15.5. The van der Waals surface area contributed by atoms with Crippen molar-refractivity contribution in [2.24, 2.45) is 11.5 Å². The fraction of sp³-hybridized carbons (Fsp3) is 0.488. The maximum atomic E-state index is 13.1. The Morgan fingerprint density at radius 2 is 1.27 bits per heavy atom. The quantitative estimate of drug-likeness (QED) is 0.0677. The normalized spacial score (nSPS) is 15.7. The van der Waals surface area contributed by atoms with Crippen molar-refractivity contribution in [2.75, 3.05) is 13.2 Å². The third kappa shape index (κ3) is 10.4. The highest BCUT2D eigenvalue weighted by atomic mass is 16.6. The number of ether oxygens (including phenoxy) is 4. The number of aliphatic hydroxyl groups is 1. The number of fused-ring (bicyclic) bond motifs is 6. The maximum Gasteiger partial charge on any atom is 0.340 e. The van der Waals surface area contributed by atoms with Crippen LogP contribution in [-0.2, 0) is 19.9 Å². The molecule has 3 aromatic carbocycles. The highest BCUT2D eigenvalue weighted by Gasteiger charge is 2.53. The number of hydrogen-bond acceptors (Lipinski definition) is 10. The molecule has 51 heavy (non-hydrogen) atoms. The van der Waals surface area contributed by atoms with Crippen LogP contribution in [-0.4, -0.2) is 42.2 Å². The lowest BCUT2D eigenvalue weighted by atomic mass is 9.77. The van der Waals surface area contributed by atoms with E-state index >= 15 is 0 Å². The van der Waals surface area contributed by atoms with Crippen LogP contribution in [0.4, 0.5) is 0 Å². The lowest BCUT2D eigenvalue weighted by Crippen LogP contribution is -2.33. The fourth-order valence-electron chi connectivity index (χ4n) is 6.44. The van der Waals surface area contributed by atoms with Gasteiger partial charge in [-0.1, -0.05) is 102 Å². The van der Waals surface area contributed by atoms with Crippen molar-refractivity contribution in [3.05, 3.63) is 82.9 Å². The average molecular weight is 703 g/mol. The van der Waals surface area contributed by atoms with Crippen molar-refractivity contribution < 1.29 is 38.4 Å². The summed E-state index contributed by atoms with van der Waals surface area (Å²) in [7, 11) is 0. The van der Waals surface area contributed by atoms with E-state index in [0.29, 0.717) is 52.5 Å². The van der Waals surface area contributed by atoms with Crippen molar-refractivity contribution in [1.82, 2.24) is 0 Å². The molecule has 0 saturated heterocycles. The second kappa shape index (κ2) is 20.0. The first kappa shape index (κ1) is 39.5. The first-order valence-corrected chi connectivity index (χ1v) is 18.5. The van der Waals surface area contributed by atoms with E-state index in [-0.39, 0.29) is 18.3 Å².